The molecule has 4 aromatic rings. The lowest BCUT2D eigenvalue weighted by Gasteiger charge is -2.31. The molecule has 1 aromatic heterocycles. The molecular weight excluding hydrogens is 659 g/mol. The van der Waals surface area contributed by atoms with E-state index in [1.54, 1.807) is 48.5 Å². The number of carbonyl (C=O) groups excluding carboxylic acids is 2. The number of anilines is 1. The number of ether oxygens (including phenoxy) is 3. The van der Waals surface area contributed by atoms with E-state index in [0.29, 0.717) is 58.6 Å². The van der Waals surface area contributed by atoms with Crippen molar-refractivity contribution >= 4 is 29.1 Å². The van der Waals surface area contributed by atoms with Gasteiger partial charge in [-0.2, -0.15) is 0 Å². The highest BCUT2D eigenvalue weighted by Crippen LogP contribution is 2.45. The number of methoxy groups -OCH3 is 1. The Kier molecular flexibility index (Phi) is 12.5. The third kappa shape index (κ3) is 9.59. The molecule has 0 saturated carbocycles. The van der Waals surface area contributed by atoms with Gasteiger partial charge in [0.1, 0.15) is 18.0 Å². The molecule has 2 atom stereocenters. The first kappa shape index (κ1) is 36.8. The number of nitrogens with one attached hydrogen (secondary N) is 2. The number of amides is 2. The van der Waals surface area contributed by atoms with E-state index in [4.69, 9.17) is 25.8 Å². The Balaban J connectivity index is 1.41. The van der Waals surface area contributed by atoms with Crippen molar-refractivity contribution in [3.8, 4) is 11.5 Å². The first-order valence-electron chi connectivity index (χ1n) is 16.7. The second-order valence-electron chi connectivity index (χ2n) is 13.3. The van der Waals surface area contributed by atoms with Gasteiger partial charge in [-0.05, 0) is 60.8 Å². The van der Waals surface area contributed by atoms with Crippen molar-refractivity contribution in [1.82, 2.24) is 15.6 Å². The highest BCUT2D eigenvalue weighted by molar-refractivity contribution is 6.30. The largest absolute Gasteiger partial charge is 0.492 e. The lowest BCUT2D eigenvalue weighted by molar-refractivity contribution is -0.138. The third-order valence-corrected chi connectivity index (χ3v) is 8.36. The fourth-order valence-electron chi connectivity index (χ4n) is 5.83. The minimum Gasteiger partial charge on any atom is -0.492 e. The summed E-state index contributed by atoms with van der Waals surface area (Å²) in [5.41, 5.74) is 2.91. The number of fused-ring (bicyclic) bond motifs is 1. The summed E-state index contributed by atoms with van der Waals surface area (Å²) in [7, 11) is 1.56. The van der Waals surface area contributed by atoms with Gasteiger partial charge in [0.2, 0.25) is 5.91 Å². The summed E-state index contributed by atoms with van der Waals surface area (Å²) in [6, 6.07) is 22.9. The van der Waals surface area contributed by atoms with Gasteiger partial charge in [0.15, 0.2) is 11.5 Å². The van der Waals surface area contributed by atoms with E-state index in [1.165, 1.54) is 6.07 Å². The quantitative estimate of drug-likeness (QED) is 0.136. The Morgan fingerprint density at radius 1 is 1.02 bits per heavy atom. The van der Waals surface area contributed by atoms with Gasteiger partial charge >= 0.3 is 0 Å². The second-order valence-corrected chi connectivity index (χ2v) is 13.8. The third-order valence-electron chi connectivity index (χ3n) is 8.13. The lowest BCUT2D eigenvalue weighted by Crippen LogP contribution is -2.45. The van der Waals surface area contributed by atoms with Crippen LogP contribution in [0.15, 0.2) is 85.1 Å². The van der Waals surface area contributed by atoms with Gasteiger partial charge in [-0.25, -0.2) is 4.39 Å². The number of pyridine rings is 1. The van der Waals surface area contributed by atoms with E-state index in [1.807, 2.05) is 63.2 Å². The average molecular weight is 703 g/mol. The molecule has 264 valence electrons. The summed E-state index contributed by atoms with van der Waals surface area (Å²) >= 11 is 6.57. The Labute approximate surface area is 298 Å². The van der Waals surface area contributed by atoms with Crippen molar-refractivity contribution in [3.05, 3.63) is 118 Å². The van der Waals surface area contributed by atoms with Crippen LogP contribution in [0.1, 0.15) is 62.1 Å². The van der Waals surface area contributed by atoms with Crippen molar-refractivity contribution in [2.45, 2.75) is 58.9 Å². The van der Waals surface area contributed by atoms with Gasteiger partial charge in [-0.1, -0.05) is 68.8 Å². The number of rotatable bonds is 14. The summed E-state index contributed by atoms with van der Waals surface area (Å²) < 4.78 is 33.0. The number of hydrogen-bond donors (Lipinski definition) is 2. The normalized spacial score (nSPS) is 16.0. The molecule has 11 heteroatoms. The SMILES string of the molecule is COc1c(OCCCNCc2ccccn2)cccc1C1OC(CC(=O)NCc2ccccc2F)C(=O)N(CC(C)(C)C)c2ccc(Cl)cc21. The van der Waals surface area contributed by atoms with Crippen molar-refractivity contribution in [2.75, 3.05) is 31.7 Å². The van der Waals surface area contributed by atoms with Crippen molar-refractivity contribution in [2.24, 2.45) is 5.41 Å². The number of aromatic nitrogens is 1. The van der Waals surface area contributed by atoms with E-state index in [-0.39, 0.29) is 24.3 Å². The zero-order chi connectivity index (χ0) is 35.7. The first-order chi connectivity index (χ1) is 24.0. The van der Waals surface area contributed by atoms with E-state index in [2.05, 4.69) is 15.6 Å². The number of benzene rings is 3. The van der Waals surface area contributed by atoms with Crippen molar-refractivity contribution in [1.29, 1.82) is 0 Å². The molecule has 2 heterocycles. The Hall–Kier alpha value is -4.51. The Bertz CT molecular complexity index is 1770. The maximum atomic E-state index is 14.3. The van der Waals surface area contributed by atoms with Crippen molar-refractivity contribution < 1.29 is 28.2 Å². The van der Waals surface area contributed by atoms with Gasteiger partial charge in [0.25, 0.3) is 5.91 Å². The molecule has 0 radical (unpaired) electrons. The first-order valence-corrected chi connectivity index (χ1v) is 17.1. The summed E-state index contributed by atoms with van der Waals surface area (Å²) in [4.78, 5) is 33.6. The Morgan fingerprint density at radius 3 is 2.56 bits per heavy atom. The number of halogens is 2. The van der Waals surface area contributed by atoms with Crippen LogP contribution in [-0.4, -0.2) is 49.7 Å². The zero-order valence-corrected chi connectivity index (χ0v) is 29.6. The average Bonchev–Trinajstić information content (AvgIpc) is 3.19. The van der Waals surface area contributed by atoms with Crippen LogP contribution in [0.5, 0.6) is 11.5 Å². The molecule has 0 fully saturated rings. The van der Waals surface area contributed by atoms with Gasteiger partial charge in [-0.3, -0.25) is 14.6 Å². The molecule has 3 aromatic carbocycles. The van der Waals surface area contributed by atoms with Crippen LogP contribution in [0.2, 0.25) is 5.02 Å². The van der Waals surface area contributed by atoms with Gasteiger partial charge in [0.05, 0.1) is 25.8 Å². The molecule has 0 saturated heterocycles. The molecule has 0 bridgehead atoms. The summed E-state index contributed by atoms with van der Waals surface area (Å²) in [5, 5.41) is 6.59. The standard InChI is InChI=1S/C39H44ClFN4O5/c1-39(2,3)25-45-32-17-16-27(40)21-30(32)36(50-34(38(45)47)22-35(46)44-23-26-11-5-6-14-31(26)41)29-13-9-15-33(37(29)48-4)49-20-10-18-42-24-28-12-7-8-19-43-28/h5-9,11-17,19,21,34,36,42H,10,18,20,22-25H2,1-4H3,(H,44,46). The van der Waals surface area contributed by atoms with Crippen LogP contribution in [0.3, 0.4) is 0 Å². The van der Waals surface area contributed by atoms with Crippen LogP contribution in [-0.2, 0) is 27.4 Å². The van der Waals surface area contributed by atoms with Gasteiger partial charge < -0.3 is 29.7 Å². The molecule has 2 unspecified atom stereocenters. The van der Waals surface area contributed by atoms with Crippen LogP contribution >= 0.6 is 11.6 Å². The highest BCUT2D eigenvalue weighted by atomic mass is 35.5. The van der Waals surface area contributed by atoms with Crippen LogP contribution in [0, 0.1) is 11.2 Å². The fraction of sp³-hybridized carbons (Fsp3) is 0.359. The molecule has 0 aliphatic carbocycles. The summed E-state index contributed by atoms with van der Waals surface area (Å²) in [6.07, 6.45) is 0.205. The lowest BCUT2D eigenvalue weighted by atomic mass is 9.94. The molecule has 9 nitrogen and oxygen atoms in total. The van der Waals surface area contributed by atoms with Crippen LogP contribution in [0.25, 0.3) is 0 Å². The maximum Gasteiger partial charge on any atom is 0.256 e. The Morgan fingerprint density at radius 2 is 1.82 bits per heavy atom. The fourth-order valence-corrected chi connectivity index (χ4v) is 6.01. The van der Waals surface area contributed by atoms with E-state index in [9.17, 15) is 14.0 Å². The topological polar surface area (TPSA) is 102 Å². The second kappa shape index (κ2) is 16.9. The number of carbonyl (C=O) groups is 2. The van der Waals surface area contributed by atoms with Crippen molar-refractivity contribution in [3.63, 3.8) is 0 Å². The minimum absolute atomic E-state index is 0.0245. The monoisotopic (exact) mass is 702 g/mol. The number of hydrogen-bond acceptors (Lipinski definition) is 7. The summed E-state index contributed by atoms with van der Waals surface area (Å²) in [5.74, 6) is -0.275. The molecule has 1 aliphatic rings. The zero-order valence-electron chi connectivity index (χ0n) is 28.9. The molecule has 50 heavy (non-hydrogen) atoms. The highest BCUT2D eigenvalue weighted by Gasteiger charge is 2.40. The molecule has 0 spiro atoms. The smallest absolute Gasteiger partial charge is 0.256 e. The van der Waals surface area contributed by atoms with E-state index >= 15 is 0 Å². The van der Waals surface area contributed by atoms with E-state index in [0.717, 1.165) is 18.7 Å². The molecule has 5 rings (SSSR count). The molecule has 1 aliphatic heterocycles. The van der Waals surface area contributed by atoms with Gasteiger partial charge in [-0.15, -0.1) is 0 Å². The minimum atomic E-state index is -1.17. The summed E-state index contributed by atoms with van der Waals surface area (Å²) in [6.45, 7) is 8.25. The molecule has 2 N–H and O–H groups in total. The molecular formula is C39H44ClFN4O5. The predicted molar refractivity (Wildman–Crippen MR) is 192 cm³/mol. The number of nitrogens with zero attached hydrogens (tertiary/aromatic N) is 2. The predicted octanol–water partition coefficient (Wildman–Crippen LogP) is 7.02. The maximum absolute atomic E-state index is 14.3. The van der Waals surface area contributed by atoms with E-state index < -0.39 is 23.9 Å². The number of para-hydroxylation sites is 1. The molecule has 2 amide bonds. The van der Waals surface area contributed by atoms with Gasteiger partial charge in [0, 0.05) is 53.2 Å². The van der Waals surface area contributed by atoms with Crippen LogP contribution in [0.4, 0.5) is 10.1 Å². The van der Waals surface area contributed by atoms with Crippen LogP contribution < -0.4 is 25.0 Å².